The molecule has 0 heterocycles. The van der Waals surface area contributed by atoms with E-state index in [2.05, 4.69) is 22.0 Å². The van der Waals surface area contributed by atoms with E-state index in [-0.39, 0.29) is 5.57 Å². The Morgan fingerprint density at radius 3 is 2.21 bits per heavy atom. The van der Waals surface area contributed by atoms with Crippen LogP contribution in [0.25, 0.3) is 0 Å². The van der Waals surface area contributed by atoms with Gasteiger partial charge in [0.2, 0.25) is 0 Å². The Morgan fingerprint density at radius 2 is 1.86 bits per heavy atom. The average molecular weight is 244 g/mol. The molecule has 0 radical (unpaired) electrons. The van der Waals surface area contributed by atoms with E-state index in [4.69, 9.17) is 14.7 Å². The molecule has 0 aromatic heterocycles. The van der Waals surface area contributed by atoms with Crippen LogP contribution in [0.15, 0.2) is 24.8 Å². The fourth-order valence-electron chi connectivity index (χ4n) is 0.381. The number of hydrogen-bond donors (Lipinski definition) is 3. The van der Waals surface area contributed by atoms with E-state index in [0.29, 0.717) is 0 Å². The lowest BCUT2D eigenvalue weighted by Gasteiger charge is -2.11. The third kappa shape index (κ3) is 7.17. The molecule has 7 nitrogen and oxygen atoms in total. The molecule has 1 atom stereocenters. The summed E-state index contributed by atoms with van der Waals surface area (Å²) in [5.41, 5.74) is 0.272. The molecule has 0 aliphatic carbocycles. The van der Waals surface area contributed by atoms with Crippen LogP contribution in [0, 0.1) is 0 Å². The van der Waals surface area contributed by atoms with Crippen molar-refractivity contribution in [1.29, 1.82) is 0 Å². The smallest absolute Gasteiger partial charge is 0.302 e. The maximum absolute atomic E-state index is 10.8. The molecule has 0 rings (SSSR count). The van der Waals surface area contributed by atoms with Gasteiger partial charge in [-0.3, -0.25) is 4.52 Å². The van der Waals surface area contributed by atoms with Crippen LogP contribution in [-0.2, 0) is 18.0 Å². The predicted octanol–water partition coefficient (Wildman–Crippen LogP) is 0.955. The Morgan fingerprint density at radius 1 is 1.36 bits per heavy atom. The minimum Gasteiger partial charge on any atom is -0.302 e. The van der Waals surface area contributed by atoms with Crippen molar-refractivity contribution in [3.63, 3.8) is 0 Å². The van der Waals surface area contributed by atoms with Gasteiger partial charge in [0.25, 0.3) is 0 Å². The second kappa shape index (κ2) is 5.00. The van der Waals surface area contributed by atoms with Crippen LogP contribution in [0.4, 0.5) is 0 Å². The van der Waals surface area contributed by atoms with E-state index in [1.54, 1.807) is 0 Å². The maximum Gasteiger partial charge on any atom is 0.481 e. The molecule has 0 aliphatic rings. The summed E-state index contributed by atoms with van der Waals surface area (Å²) in [4.78, 5) is 25.2. The highest BCUT2D eigenvalue weighted by atomic mass is 31.3. The Kier molecular flexibility index (Phi) is 4.91. The van der Waals surface area contributed by atoms with E-state index in [1.165, 1.54) is 6.08 Å². The summed E-state index contributed by atoms with van der Waals surface area (Å²) >= 11 is 0. The lowest BCUT2D eigenvalue weighted by atomic mass is 10.3. The molecule has 0 bridgehead atoms. The highest BCUT2D eigenvalue weighted by Gasteiger charge is 2.32. The van der Waals surface area contributed by atoms with Crippen molar-refractivity contribution < 1.29 is 32.6 Å². The van der Waals surface area contributed by atoms with Crippen molar-refractivity contribution in [3.05, 3.63) is 24.8 Å². The number of phosphoric acid groups is 2. The molecular weight excluding hydrogens is 234 g/mol. The highest BCUT2D eigenvalue weighted by molar-refractivity contribution is 7.60. The molecule has 0 spiro atoms. The van der Waals surface area contributed by atoms with Crippen molar-refractivity contribution >= 4 is 15.6 Å². The largest absolute Gasteiger partial charge is 0.481 e. The summed E-state index contributed by atoms with van der Waals surface area (Å²) in [6.45, 7) is 6.23. The first kappa shape index (κ1) is 13.7. The summed E-state index contributed by atoms with van der Waals surface area (Å²) in [7, 11) is -9.80. The zero-order valence-electron chi connectivity index (χ0n) is 7.07. The Hall–Kier alpha value is -0.260. The second-order valence-corrected chi connectivity index (χ2v) is 5.01. The second-order valence-electron chi connectivity index (χ2n) is 2.18. The van der Waals surface area contributed by atoms with E-state index < -0.39 is 22.3 Å². The third-order valence-electron chi connectivity index (χ3n) is 0.911. The van der Waals surface area contributed by atoms with Crippen LogP contribution in [0.3, 0.4) is 0 Å². The summed E-state index contributed by atoms with van der Waals surface area (Å²) in [6, 6.07) is 0. The Balaban J connectivity index is 4.22. The van der Waals surface area contributed by atoms with Gasteiger partial charge in [0, 0.05) is 0 Å². The molecule has 0 saturated heterocycles. The number of hydrogen-bond acceptors (Lipinski definition) is 4. The minimum atomic E-state index is -5.05. The van der Waals surface area contributed by atoms with Gasteiger partial charge in [-0.15, -0.1) is 0 Å². The fourth-order valence-corrected chi connectivity index (χ4v) is 1.97. The predicted molar refractivity (Wildman–Crippen MR) is 48.2 cm³/mol. The van der Waals surface area contributed by atoms with E-state index in [9.17, 15) is 9.13 Å². The van der Waals surface area contributed by atoms with Crippen molar-refractivity contribution in [2.45, 2.75) is 0 Å². The molecule has 0 fully saturated rings. The lowest BCUT2D eigenvalue weighted by Crippen LogP contribution is -1.96. The van der Waals surface area contributed by atoms with E-state index in [0.717, 1.165) is 0 Å². The van der Waals surface area contributed by atoms with Crippen molar-refractivity contribution in [2.75, 3.05) is 6.61 Å². The van der Waals surface area contributed by atoms with E-state index in [1.807, 2.05) is 0 Å². The van der Waals surface area contributed by atoms with E-state index >= 15 is 0 Å². The van der Waals surface area contributed by atoms with Gasteiger partial charge >= 0.3 is 15.6 Å². The van der Waals surface area contributed by atoms with Crippen LogP contribution in [0.2, 0.25) is 0 Å². The van der Waals surface area contributed by atoms with Gasteiger partial charge in [0.15, 0.2) is 0 Å². The van der Waals surface area contributed by atoms with Gasteiger partial charge < -0.3 is 14.7 Å². The first-order valence-electron chi connectivity index (χ1n) is 3.21. The molecule has 14 heavy (non-hydrogen) atoms. The molecule has 82 valence electrons. The summed E-state index contributed by atoms with van der Waals surface area (Å²) in [6.07, 6.45) is 1.26. The van der Waals surface area contributed by atoms with Gasteiger partial charge in [-0.05, 0) is 5.57 Å². The van der Waals surface area contributed by atoms with Gasteiger partial charge in [0.1, 0.15) is 0 Å². The molecule has 0 aliphatic heterocycles. The Bertz CT molecular complexity index is 316. The summed E-state index contributed by atoms with van der Waals surface area (Å²) in [5.74, 6) is 0. The zero-order valence-corrected chi connectivity index (χ0v) is 8.86. The molecule has 0 aromatic rings. The maximum atomic E-state index is 10.8. The van der Waals surface area contributed by atoms with Crippen molar-refractivity contribution in [2.24, 2.45) is 0 Å². The van der Waals surface area contributed by atoms with Crippen LogP contribution >= 0.6 is 15.6 Å². The first-order valence-corrected chi connectivity index (χ1v) is 6.23. The van der Waals surface area contributed by atoms with Crippen LogP contribution in [0.5, 0.6) is 0 Å². The van der Waals surface area contributed by atoms with Gasteiger partial charge in [-0.2, -0.15) is 4.31 Å². The molecule has 3 N–H and O–H groups in total. The van der Waals surface area contributed by atoms with Gasteiger partial charge in [0.05, 0.1) is 6.61 Å². The molecule has 9 heteroatoms. The van der Waals surface area contributed by atoms with Gasteiger partial charge in [-0.1, -0.05) is 19.2 Å². The summed E-state index contributed by atoms with van der Waals surface area (Å²) in [5, 5.41) is 0. The van der Waals surface area contributed by atoms with Gasteiger partial charge in [-0.25, -0.2) is 9.13 Å². The lowest BCUT2D eigenvalue weighted by molar-refractivity contribution is 0.189. The quantitative estimate of drug-likeness (QED) is 0.470. The Labute approximate surface area is 80.5 Å². The number of phosphoric ester groups is 1. The zero-order chi connectivity index (χ0) is 11.4. The molecule has 0 aromatic carbocycles. The monoisotopic (exact) mass is 244 g/mol. The summed E-state index contributed by atoms with van der Waals surface area (Å²) < 4.78 is 28.7. The van der Waals surface area contributed by atoms with Crippen molar-refractivity contribution in [3.8, 4) is 0 Å². The SMILES string of the molecule is C=CC(=C)COP(=O)(O)OP(=O)(O)O. The molecular formula is C5H10O7P2. The van der Waals surface area contributed by atoms with Crippen molar-refractivity contribution in [1.82, 2.24) is 0 Å². The fraction of sp³-hybridized carbons (Fsp3) is 0.200. The minimum absolute atomic E-state index is 0.272. The topological polar surface area (TPSA) is 113 Å². The molecule has 0 amide bonds. The normalized spacial score (nSPS) is 15.9. The molecule has 1 unspecified atom stereocenters. The third-order valence-corrected chi connectivity index (χ3v) is 3.04. The van der Waals surface area contributed by atoms with Crippen LogP contribution in [-0.4, -0.2) is 21.3 Å². The molecule has 0 saturated carbocycles. The van der Waals surface area contributed by atoms with Crippen LogP contribution in [0.1, 0.15) is 0 Å². The number of rotatable bonds is 6. The highest BCUT2D eigenvalue weighted by Crippen LogP contribution is 2.57. The standard InChI is InChI=1S/C5H10O7P2/c1-3-5(2)4-11-14(9,10)12-13(6,7)8/h3H,1-2,4H2,(H,9,10)(H2,6,7,8). The van der Waals surface area contributed by atoms with Crippen LogP contribution < -0.4 is 0 Å². The average Bonchev–Trinajstić information content (AvgIpc) is 1.96. The first-order chi connectivity index (χ1) is 6.16.